The summed E-state index contributed by atoms with van der Waals surface area (Å²) in [6.07, 6.45) is 5.23. The molecule has 0 atom stereocenters. The molecule has 2 N–H and O–H groups in total. The van der Waals surface area contributed by atoms with E-state index in [0.717, 1.165) is 11.1 Å². The highest BCUT2D eigenvalue weighted by Crippen LogP contribution is 2.09. The van der Waals surface area contributed by atoms with Gasteiger partial charge in [-0.1, -0.05) is 12.0 Å². The highest BCUT2D eigenvalue weighted by Gasteiger charge is 1.95. The van der Waals surface area contributed by atoms with Crippen LogP contribution >= 0.6 is 0 Å². The number of terminal acetylenes is 1. The molecule has 0 heterocycles. The maximum Gasteiger partial charge on any atom is 0.0246 e. The summed E-state index contributed by atoms with van der Waals surface area (Å²) >= 11 is 0. The van der Waals surface area contributed by atoms with Crippen molar-refractivity contribution in [2.45, 2.75) is 13.5 Å². The van der Waals surface area contributed by atoms with Gasteiger partial charge in [-0.05, 0) is 30.2 Å². The van der Waals surface area contributed by atoms with Crippen LogP contribution in [-0.4, -0.2) is 0 Å². The summed E-state index contributed by atoms with van der Waals surface area (Å²) in [7, 11) is 0. The van der Waals surface area contributed by atoms with Crippen molar-refractivity contribution in [1.29, 1.82) is 0 Å². The number of hydrogen-bond acceptors (Lipinski definition) is 1. The molecule has 0 aliphatic rings. The van der Waals surface area contributed by atoms with Crippen LogP contribution in [0, 0.1) is 19.3 Å². The van der Waals surface area contributed by atoms with Crippen LogP contribution in [0.2, 0.25) is 0 Å². The van der Waals surface area contributed by atoms with E-state index in [1.807, 2.05) is 25.1 Å². The van der Waals surface area contributed by atoms with Crippen molar-refractivity contribution in [2.75, 3.05) is 0 Å². The van der Waals surface area contributed by atoms with Gasteiger partial charge in [0.15, 0.2) is 0 Å². The molecule has 0 spiro atoms. The van der Waals surface area contributed by atoms with Crippen LogP contribution in [0.5, 0.6) is 0 Å². The van der Waals surface area contributed by atoms with E-state index in [0.29, 0.717) is 6.54 Å². The Morgan fingerprint density at radius 2 is 2.27 bits per heavy atom. The zero-order chi connectivity index (χ0) is 8.27. The Kier molecular flexibility index (Phi) is 2.30. The first kappa shape index (κ1) is 7.84. The molecule has 0 saturated heterocycles. The van der Waals surface area contributed by atoms with Crippen molar-refractivity contribution >= 4 is 0 Å². The third-order valence-electron chi connectivity index (χ3n) is 1.74. The highest BCUT2D eigenvalue weighted by atomic mass is 14.5. The van der Waals surface area contributed by atoms with Crippen molar-refractivity contribution in [1.82, 2.24) is 0 Å². The van der Waals surface area contributed by atoms with E-state index < -0.39 is 0 Å². The Bertz CT molecular complexity index is 294. The fourth-order valence-corrected chi connectivity index (χ4v) is 0.981. The Hall–Kier alpha value is -1.26. The predicted molar refractivity (Wildman–Crippen MR) is 47.0 cm³/mol. The second-order valence-electron chi connectivity index (χ2n) is 2.49. The Morgan fingerprint density at radius 3 is 2.82 bits per heavy atom. The Labute approximate surface area is 67.2 Å². The first-order valence-corrected chi connectivity index (χ1v) is 3.54. The van der Waals surface area contributed by atoms with Gasteiger partial charge in [-0.25, -0.2) is 0 Å². The van der Waals surface area contributed by atoms with Crippen LogP contribution in [0.4, 0.5) is 0 Å². The molecule has 0 unspecified atom stereocenters. The van der Waals surface area contributed by atoms with Crippen molar-refractivity contribution in [3.63, 3.8) is 0 Å². The number of benzene rings is 1. The van der Waals surface area contributed by atoms with Crippen molar-refractivity contribution in [3.8, 4) is 12.3 Å². The summed E-state index contributed by atoms with van der Waals surface area (Å²) in [5.41, 5.74) is 8.73. The van der Waals surface area contributed by atoms with Crippen LogP contribution in [0.25, 0.3) is 0 Å². The van der Waals surface area contributed by atoms with E-state index in [2.05, 4.69) is 5.92 Å². The predicted octanol–water partition coefficient (Wildman–Crippen LogP) is 1.44. The van der Waals surface area contributed by atoms with Gasteiger partial charge in [0.25, 0.3) is 0 Å². The lowest BCUT2D eigenvalue weighted by atomic mass is 10.1. The molecule has 0 radical (unpaired) electrons. The van der Waals surface area contributed by atoms with E-state index >= 15 is 0 Å². The van der Waals surface area contributed by atoms with E-state index in [1.54, 1.807) is 0 Å². The van der Waals surface area contributed by atoms with Gasteiger partial charge in [0.1, 0.15) is 0 Å². The largest absolute Gasteiger partial charge is 0.326 e. The van der Waals surface area contributed by atoms with Gasteiger partial charge in [-0.3, -0.25) is 0 Å². The maximum absolute atomic E-state index is 5.51. The van der Waals surface area contributed by atoms with Crippen molar-refractivity contribution in [2.24, 2.45) is 5.73 Å². The summed E-state index contributed by atoms with van der Waals surface area (Å²) in [5, 5.41) is 0. The zero-order valence-corrected chi connectivity index (χ0v) is 6.59. The molecule has 1 heteroatoms. The first-order valence-electron chi connectivity index (χ1n) is 3.54. The molecular weight excluding hydrogens is 134 g/mol. The van der Waals surface area contributed by atoms with Gasteiger partial charge in [0.2, 0.25) is 0 Å². The van der Waals surface area contributed by atoms with E-state index in [9.17, 15) is 0 Å². The number of hydrogen-bond donors (Lipinski definition) is 1. The quantitative estimate of drug-likeness (QED) is 0.594. The number of nitrogens with two attached hydrogens (primary N) is 1. The van der Waals surface area contributed by atoms with E-state index in [-0.39, 0.29) is 0 Å². The molecule has 0 fully saturated rings. The minimum Gasteiger partial charge on any atom is -0.326 e. The minimum atomic E-state index is 0.557. The SMILES string of the molecule is C#Cc1ccc(C)c(CN)c1. The second-order valence-corrected chi connectivity index (χ2v) is 2.49. The lowest BCUT2D eigenvalue weighted by Gasteiger charge is -2.01. The maximum atomic E-state index is 5.51. The van der Waals surface area contributed by atoms with Gasteiger partial charge in [-0.2, -0.15) is 0 Å². The van der Waals surface area contributed by atoms with Crippen molar-refractivity contribution < 1.29 is 0 Å². The third-order valence-corrected chi connectivity index (χ3v) is 1.74. The van der Waals surface area contributed by atoms with Crippen LogP contribution in [0.3, 0.4) is 0 Å². The lowest BCUT2D eigenvalue weighted by molar-refractivity contribution is 1.05. The average Bonchev–Trinajstić information content (AvgIpc) is 2.05. The molecule has 11 heavy (non-hydrogen) atoms. The molecule has 0 aliphatic carbocycles. The van der Waals surface area contributed by atoms with Gasteiger partial charge in [-0.15, -0.1) is 6.42 Å². The first-order chi connectivity index (χ1) is 5.27. The molecule has 0 aliphatic heterocycles. The molecule has 1 aromatic carbocycles. The lowest BCUT2D eigenvalue weighted by Crippen LogP contribution is -1.99. The van der Waals surface area contributed by atoms with Gasteiger partial charge in [0.05, 0.1) is 0 Å². The summed E-state index contributed by atoms with van der Waals surface area (Å²) in [6.45, 7) is 2.59. The van der Waals surface area contributed by atoms with Crippen molar-refractivity contribution in [3.05, 3.63) is 34.9 Å². The van der Waals surface area contributed by atoms with Gasteiger partial charge >= 0.3 is 0 Å². The minimum absolute atomic E-state index is 0.557. The second kappa shape index (κ2) is 3.23. The zero-order valence-electron chi connectivity index (χ0n) is 6.59. The molecule has 56 valence electrons. The van der Waals surface area contributed by atoms with E-state index in [1.165, 1.54) is 5.56 Å². The molecule has 0 bridgehead atoms. The fraction of sp³-hybridized carbons (Fsp3) is 0.200. The smallest absolute Gasteiger partial charge is 0.0246 e. The summed E-state index contributed by atoms with van der Waals surface area (Å²) in [5.74, 6) is 2.57. The topological polar surface area (TPSA) is 26.0 Å². The number of rotatable bonds is 1. The van der Waals surface area contributed by atoms with Gasteiger partial charge < -0.3 is 5.73 Å². The molecule has 0 saturated carbocycles. The molecular formula is C10H11N. The fourth-order valence-electron chi connectivity index (χ4n) is 0.981. The normalized spacial score (nSPS) is 9.18. The number of aryl methyl sites for hydroxylation is 1. The van der Waals surface area contributed by atoms with E-state index in [4.69, 9.17) is 12.2 Å². The Balaban J connectivity index is 3.15. The Morgan fingerprint density at radius 1 is 1.55 bits per heavy atom. The van der Waals surface area contributed by atoms with Crippen LogP contribution in [-0.2, 0) is 6.54 Å². The van der Waals surface area contributed by atoms with Crippen LogP contribution in [0.1, 0.15) is 16.7 Å². The van der Waals surface area contributed by atoms with Crippen LogP contribution < -0.4 is 5.73 Å². The average molecular weight is 145 g/mol. The molecule has 1 nitrogen and oxygen atoms in total. The molecule has 0 aromatic heterocycles. The van der Waals surface area contributed by atoms with Gasteiger partial charge in [0, 0.05) is 12.1 Å². The summed E-state index contributed by atoms with van der Waals surface area (Å²) in [4.78, 5) is 0. The highest BCUT2D eigenvalue weighted by molar-refractivity contribution is 5.39. The standard InChI is InChI=1S/C10H11N/c1-3-9-5-4-8(2)10(6-9)7-11/h1,4-6H,7,11H2,2H3. The monoisotopic (exact) mass is 145 g/mol. The summed E-state index contributed by atoms with van der Waals surface area (Å²) < 4.78 is 0. The molecule has 1 aromatic rings. The molecule has 0 amide bonds. The third kappa shape index (κ3) is 1.60. The summed E-state index contributed by atoms with van der Waals surface area (Å²) in [6, 6.07) is 5.88. The van der Waals surface area contributed by atoms with Crippen LogP contribution in [0.15, 0.2) is 18.2 Å². The molecule has 1 rings (SSSR count).